The number of esters is 1. The first-order valence-electron chi connectivity index (χ1n) is 9.66. The van der Waals surface area contributed by atoms with E-state index >= 15 is 0 Å². The number of carbonyl (C=O) groups excluding carboxylic acids is 1. The van der Waals surface area contributed by atoms with Crippen LogP contribution in [0.15, 0.2) is 35.3 Å². The van der Waals surface area contributed by atoms with Gasteiger partial charge in [-0.05, 0) is 37.1 Å². The number of hydrogen-bond donors (Lipinski definition) is 2. The molecular weight excluding hydrogens is 370 g/mol. The standard InChI is InChI=1S/C21H19N5O3/c22-9-8-21(6-1-2-7-21)26-16-5-10-23-19(27)17(16)18(25-26)24-14-3-4-15-13(11-14)12-29-20(15)28/h3-5,10-11H,1-2,6-8,12H2,(H,23,27)(H,24,25). The molecule has 0 amide bonds. The zero-order chi connectivity index (χ0) is 20.0. The Labute approximate surface area is 166 Å². The van der Waals surface area contributed by atoms with Crippen molar-refractivity contribution < 1.29 is 9.53 Å². The fourth-order valence-electron chi connectivity index (χ4n) is 4.52. The lowest BCUT2D eigenvalue weighted by Gasteiger charge is -2.27. The van der Waals surface area contributed by atoms with Crippen molar-refractivity contribution in [1.29, 1.82) is 5.26 Å². The number of rotatable bonds is 4. The van der Waals surface area contributed by atoms with Gasteiger partial charge in [-0.15, -0.1) is 0 Å². The number of pyridine rings is 1. The Morgan fingerprint density at radius 2 is 2.10 bits per heavy atom. The quantitative estimate of drug-likeness (QED) is 0.662. The topological polar surface area (TPSA) is 113 Å². The maximum Gasteiger partial charge on any atom is 0.338 e. The molecular formula is C21H19N5O3. The van der Waals surface area contributed by atoms with Gasteiger partial charge in [0.15, 0.2) is 5.82 Å². The number of aromatic nitrogens is 3. The largest absolute Gasteiger partial charge is 0.457 e. The molecule has 0 bridgehead atoms. The van der Waals surface area contributed by atoms with Gasteiger partial charge < -0.3 is 15.0 Å². The fourth-order valence-corrected chi connectivity index (χ4v) is 4.52. The molecule has 1 aliphatic heterocycles. The van der Waals surface area contributed by atoms with E-state index in [1.807, 2.05) is 16.8 Å². The summed E-state index contributed by atoms with van der Waals surface area (Å²) in [6.45, 7) is 0.241. The number of ether oxygens (including phenoxy) is 1. The molecule has 2 aliphatic rings. The van der Waals surface area contributed by atoms with Crippen LogP contribution in [0.3, 0.4) is 0 Å². The van der Waals surface area contributed by atoms with Crippen molar-refractivity contribution in [3.63, 3.8) is 0 Å². The van der Waals surface area contributed by atoms with Crippen LogP contribution in [0, 0.1) is 11.3 Å². The van der Waals surface area contributed by atoms with Crippen LogP contribution in [0.2, 0.25) is 0 Å². The lowest BCUT2D eigenvalue weighted by Crippen LogP contribution is -2.31. The van der Waals surface area contributed by atoms with Crippen LogP contribution in [0.4, 0.5) is 11.5 Å². The second-order valence-electron chi connectivity index (χ2n) is 7.67. The molecule has 0 saturated heterocycles. The van der Waals surface area contributed by atoms with E-state index < -0.39 is 0 Å². The van der Waals surface area contributed by atoms with E-state index in [-0.39, 0.29) is 23.7 Å². The van der Waals surface area contributed by atoms with Gasteiger partial charge in [-0.25, -0.2) is 4.79 Å². The highest BCUT2D eigenvalue weighted by Crippen LogP contribution is 2.41. The third-order valence-electron chi connectivity index (χ3n) is 5.94. The Bertz CT molecular complexity index is 1230. The minimum absolute atomic E-state index is 0.235. The van der Waals surface area contributed by atoms with Crippen LogP contribution in [-0.2, 0) is 16.9 Å². The molecule has 1 saturated carbocycles. The second kappa shape index (κ2) is 6.48. The summed E-state index contributed by atoms with van der Waals surface area (Å²) in [7, 11) is 0. The summed E-state index contributed by atoms with van der Waals surface area (Å²) < 4.78 is 6.93. The number of carbonyl (C=O) groups is 1. The van der Waals surface area contributed by atoms with Crippen molar-refractivity contribution in [3.8, 4) is 6.07 Å². The SMILES string of the molecule is N#CCC1(n2nc(Nc3ccc4c(c3)COC4=O)c3c(=O)[nH]ccc32)CCCC1. The summed E-state index contributed by atoms with van der Waals surface area (Å²) in [6, 6.07) is 9.46. The Balaban J connectivity index is 1.63. The number of benzene rings is 1. The maximum absolute atomic E-state index is 12.6. The van der Waals surface area contributed by atoms with Crippen LogP contribution >= 0.6 is 0 Å². The van der Waals surface area contributed by atoms with E-state index in [1.165, 1.54) is 0 Å². The molecule has 0 atom stereocenters. The normalized spacial score (nSPS) is 17.1. The van der Waals surface area contributed by atoms with E-state index in [4.69, 9.17) is 9.84 Å². The molecule has 29 heavy (non-hydrogen) atoms. The van der Waals surface area contributed by atoms with Crippen molar-refractivity contribution in [1.82, 2.24) is 14.8 Å². The van der Waals surface area contributed by atoms with Gasteiger partial charge in [0.25, 0.3) is 5.56 Å². The third-order valence-corrected chi connectivity index (χ3v) is 5.94. The van der Waals surface area contributed by atoms with Crippen LogP contribution in [0.1, 0.15) is 48.0 Å². The molecule has 0 spiro atoms. The van der Waals surface area contributed by atoms with Gasteiger partial charge in [0.05, 0.1) is 29.1 Å². The number of nitrogens with one attached hydrogen (secondary N) is 2. The van der Waals surface area contributed by atoms with Gasteiger partial charge in [-0.2, -0.15) is 10.4 Å². The number of H-pyrrole nitrogens is 1. The molecule has 2 aromatic heterocycles. The lowest BCUT2D eigenvalue weighted by atomic mass is 9.94. The van der Waals surface area contributed by atoms with Crippen LogP contribution in [0.25, 0.3) is 10.9 Å². The first kappa shape index (κ1) is 17.5. The van der Waals surface area contributed by atoms with Gasteiger partial charge in [0, 0.05) is 17.4 Å². The van der Waals surface area contributed by atoms with E-state index in [2.05, 4.69) is 16.4 Å². The molecule has 5 rings (SSSR count). The van der Waals surface area contributed by atoms with E-state index in [0.29, 0.717) is 28.7 Å². The molecule has 3 aromatic rings. The van der Waals surface area contributed by atoms with E-state index in [0.717, 1.165) is 36.9 Å². The van der Waals surface area contributed by atoms with Gasteiger partial charge in [-0.1, -0.05) is 12.8 Å². The Hall–Kier alpha value is -3.60. The van der Waals surface area contributed by atoms with Crippen molar-refractivity contribution in [3.05, 3.63) is 51.9 Å². The number of nitrogens with zero attached hydrogens (tertiary/aromatic N) is 3. The first-order chi connectivity index (χ1) is 14.1. The summed E-state index contributed by atoms with van der Waals surface area (Å²) in [5, 5.41) is 17.9. The highest BCUT2D eigenvalue weighted by atomic mass is 16.5. The minimum atomic E-state index is -0.390. The Kier molecular flexibility index (Phi) is 3.91. The Morgan fingerprint density at radius 1 is 1.28 bits per heavy atom. The van der Waals surface area contributed by atoms with Crippen LogP contribution < -0.4 is 10.9 Å². The first-order valence-corrected chi connectivity index (χ1v) is 9.66. The number of cyclic esters (lactones) is 1. The Morgan fingerprint density at radius 3 is 2.90 bits per heavy atom. The van der Waals surface area contributed by atoms with Gasteiger partial charge in [0.1, 0.15) is 12.0 Å². The molecule has 1 aromatic carbocycles. The van der Waals surface area contributed by atoms with Crippen LogP contribution in [0.5, 0.6) is 0 Å². The average molecular weight is 389 g/mol. The fraction of sp³-hybridized carbons (Fsp3) is 0.333. The van der Waals surface area contributed by atoms with Crippen LogP contribution in [-0.4, -0.2) is 20.7 Å². The molecule has 1 fully saturated rings. The summed E-state index contributed by atoms with van der Waals surface area (Å²) in [4.78, 5) is 27.0. The predicted molar refractivity (Wildman–Crippen MR) is 106 cm³/mol. The van der Waals surface area contributed by atoms with E-state index in [1.54, 1.807) is 18.3 Å². The number of anilines is 2. The highest BCUT2D eigenvalue weighted by molar-refractivity contribution is 5.95. The lowest BCUT2D eigenvalue weighted by molar-refractivity contribution is 0.0535. The van der Waals surface area contributed by atoms with Gasteiger partial charge in [-0.3, -0.25) is 9.48 Å². The molecule has 3 heterocycles. The molecule has 146 valence electrons. The molecule has 2 N–H and O–H groups in total. The van der Waals surface area contributed by atoms with Crippen molar-refractivity contribution in [2.75, 3.05) is 5.32 Å². The van der Waals surface area contributed by atoms with Gasteiger partial charge >= 0.3 is 5.97 Å². The number of aromatic amines is 1. The third kappa shape index (κ3) is 2.70. The summed E-state index contributed by atoms with van der Waals surface area (Å²) >= 11 is 0. The average Bonchev–Trinajstić information content (AvgIpc) is 3.42. The zero-order valence-electron chi connectivity index (χ0n) is 15.7. The van der Waals surface area contributed by atoms with Crippen molar-refractivity contribution >= 4 is 28.4 Å². The molecule has 8 nitrogen and oxygen atoms in total. The van der Waals surface area contributed by atoms with Crippen molar-refractivity contribution in [2.24, 2.45) is 0 Å². The number of hydrogen-bond acceptors (Lipinski definition) is 6. The van der Waals surface area contributed by atoms with Crippen molar-refractivity contribution in [2.45, 2.75) is 44.2 Å². The summed E-state index contributed by atoms with van der Waals surface area (Å²) in [5.74, 6) is 0.119. The molecule has 0 radical (unpaired) electrons. The van der Waals surface area contributed by atoms with E-state index in [9.17, 15) is 14.9 Å². The smallest absolute Gasteiger partial charge is 0.338 e. The predicted octanol–water partition coefficient (Wildman–Crippen LogP) is 3.32. The maximum atomic E-state index is 12.6. The highest BCUT2D eigenvalue weighted by Gasteiger charge is 2.38. The molecule has 1 aliphatic carbocycles. The molecule has 0 unspecified atom stereocenters. The monoisotopic (exact) mass is 389 g/mol. The second-order valence-corrected chi connectivity index (χ2v) is 7.67. The number of nitriles is 1. The minimum Gasteiger partial charge on any atom is -0.457 e. The number of fused-ring (bicyclic) bond motifs is 2. The zero-order valence-corrected chi connectivity index (χ0v) is 15.7. The molecule has 8 heteroatoms. The summed E-state index contributed by atoms with van der Waals surface area (Å²) in [6.07, 6.45) is 5.76. The van der Waals surface area contributed by atoms with Gasteiger partial charge in [0.2, 0.25) is 0 Å². The summed E-state index contributed by atoms with van der Waals surface area (Å²) in [5.41, 5.74) is 2.17.